The van der Waals surface area contributed by atoms with Crippen LogP contribution in [0, 0.1) is 0 Å². The summed E-state index contributed by atoms with van der Waals surface area (Å²) in [5, 5.41) is 13.8. The van der Waals surface area contributed by atoms with Crippen molar-refractivity contribution in [1.29, 1.82) is 0 Å². The van der Waals surface area contributed by atoms with Gasteiger partial charge in [0.25, 0.3) is 0 Å². The van der Waals surface area contributed by atoms with Crippen LogP contribution in [-0.4, -0.2) is 9.97 Å². The maximum Gasteiger partial charge on any atom is 0.128 e. The predicted octanol–water partition coefficient (Wildman–Crippen LogP) is 14.8. The molecule has 0 saturated heterocycles. The van der Waals surface area contributed by atoms with Gasteiger partial charge in [-0.1, -0.05) is 170 Å². The molecule has 0 spiro atoms. The Hall–Kier alpha value is -7.62. The average molecular weight is 725 g/mol. The highest BCUT2D eigenvalue weighted by atomic mass is 16.5. The molecule has 264 valence electrons. The van der Waals surface area contributed by atoms with Gasteiger partial charge in [-0.15, -0.1) is 0 Å². The standard InChI is InChI=1S/C54H32N2O/c1-5-19-41-33(11-1)23-27-45-49(46-28-24-34-12-2-6-20-42(34)52(46)55-51(41)45)37-15-9-17-39(31-37)57-40-18-10-16-38(32-40)50-47-29-25-35-13-3-7-21-43(35)53(47)56-54-44-22-8-4-14-36(44)26-30-48(50)54/h1-32H. The second kappa shape index (κ2) is 12.5. The van der Waals surface area contributed by atoms with Gasteiger partial charge in [0, 0.05) is 54.2 Å². The minimum absolute atomic E-state index is 0.769. The Kier molecular flexibility index (Phi) is 6.93. The summed E-state index contributed by atoms with van der Waals surface area (Å²) >= 11 is 0. The number of ether oxygens (including phenoxy) is 1. The first-order chi connectivity index (χ1) is 28.2. The lowest BCUT2D eigenvalue weighted by Gasteiger charge is -2.16. The highest BCUT2D eigenvalue weighted by molar-refractivity contribution is 6.22. The summed E-state index contributed by atoms with van der Waals surface area (Å²) in [5.74, 6) is 1.54. The van der Waals surface area contributed by atoms with Gasteiger partial charge in [-0.25, -0.2) is 9.97 Å². The molecule has 0 fully saturated rings. The molecule has 12 aromatic rings. The summed E-state index contributed by atoms with van der Waals surface area (Å²) in [6, 6.07) is 68.8. The van der Waals surface area contributed by atoms with E-state index in [1.165, 1.54) is 21.5 Å². The Bertz CT molecular complexity index is 3200. The summed E-state index contributed by atoms with van der Waals surface area (Å²) in [5.41, 5.74) is 8.48. The lowest BCUT2D eigenvalue weighted by molar-refractivity contribution is 0.483. The zero-order valence-corrected chi connectivity index (χ0v) is 30.8. The van der Waals surface area contributed by atoms with E-state index in [1.54, 1.807) is 0 Å². The lowest BCUT2D eigenvalue weighted by Crippen LogP contribution is -1.93. The zero-order valence-electron chi connectivity index (χ0n) is 30.8. The van der Waals surface area contributed by atoms with E-state index in [4.69, 9.17) is 14.7 Å². The van der Waals surface area contributed by atoms with Gasteiger partial charge in [-0.2, -0.15) is 0 Å². The SMILES string of the molecule is c1cc(Oc2cccc(-c3c4ccc5ccccc5c4nc4c3ccc3ccccc34)c2)cc(-c2c3ccc4ccccc4c3nc3c2ccc2ccccc23)c1. The Morgan fingerprint density at radius 3 is 0.912 bits per heavy atom. The number of nitrogens with zero attached hydrogens (tertiary/aromatic N) is 2. The Balaban J connectivity index is 1.03. The predicted molar refractivity (Wildman–Crippen MR) is 239 cm³/mol. The molecule has 2 heterocycles. The van der Waals surface area contributed by atoms with Gasteiger partial charge >= 0.3 is 0 Å². The number of hydrogen-bond donors (Lipinski definition) is 0. The van der Waals surface area contributed by atoms with Gasteiger partial charge in [0.1, 0.15) is 11.5 Å². The molecule has 0 aliphatic carbocycles. The van der Waals surface area contributed by atoms with Gasteiger partial charge in [-0.05, 0) is 56.9 Å². The number of pyridine rings is 2. The Labute approximate surface area is 328 Å². The van der Waals surface area contributed by atoms with Crippen molar-refractivity contribution < 1.29 is 4.74 Å². The topological polar surface area (TPSA) is 35.0 Å². The zero-order chi connectivity index (χ0) is 37.5. The molecule has 0 saturated carbocycles. The number of rotatable bonds is 4. The first-order valence-corrected chi connectivity index (χ1v) is 19.4. The van der Waals surface area contributed by atoms with Crippen LogP contribution in [0.5, 0.6) is 11.5 Å². The maximum atomic E-state index is 6.80. The first-order valence-electron chi connectivity index (χ1n) is 19.4. The normalized spacial score (nSPS) is 11.9. The van der Waals surface area contributed by atoms with Crippen molar-refractivity contribution >= 4 is 86.7 Å². The van der Waals surface area contributed by atoms with Crippen LogP contribution in [0.1, 0.15) is 0 Å². The highest BCUT2D eigenvalue weighted by Crippen LogP contribution is 2.43. The van der Waals surface area contributed by atoms with Crippen LogP contribution in [0.25, 0.3) is 109 Å². The van der Waals surface area contributed by atoms with Crippen molar-refractivity contribution in [2.45, 2.75) is 0 Å². The molecule has 0 aliphatic heterocycles. The quantitative estimate of drug-likeness (QED) is 0.134. The van der Waals surface area contributed by atoms with Crippen molar-refractivity contribution in [3.63, 3.8) is 0 Å². The maximum absolute atomic E-state index is 6.80. The third kappa shape index (κ3) is 4.99. The third-order valence-corrected chi connectivity index (χ3v) is 11.6. The number of benzene rings is 10. The lowest BCUT2D eigenvalue weighted by atomic mass is 9.92. The largest absolute Gasteiger partial charge is 0.457 e. The van der Waals surface area contributed by atoms with Crippen molar-refractivity contribution in [2.24, 2.45) is 0 Å². The molecule has 3 heteroatoms. The van der Waals surface area contributed by atoms with Gasteiger partial charge in [0.2, 0.25) is 0 Å². The van der Waals surface area contributed by atoms with Crippen LogP contribution in [-0.2, 0) is 0 Å². The van der Waals surface area contributed by atoms with E-state index in [9.17, 15) is 0 Å². The molecule has 57 heavy (non-hydrogen) atoms. The van der Waals surface area contributed by atoms with Crippen LogP contribution >= 0.6 is 0 Å². The van der Waals surface area contributed by atoms with E-state index in [0.29, 0.717) is 0 Å². The average Bonchev–Trinajstić information content (AvgIpc) is 3.27. The summed E-state index contributed by atoms with van der Waals surface area (Å²) in [4.78, 5) is 10.8. The van der Waals surface area contributed by atoms with Crippen molar-refractivity contribution in [3.05, 3.63) is 194 Å². The molecule has 10 aromatic carbocycles. The molecule has 2 aromatic heterocycles. The molecule has 12 rings (SSSR count). The molecule has 3 nitrogen and oxygen atoms in total. The fourth-order valence-corrected chi connectivity index (χ4v) is 9.01. The second-order valence-corrected chi connectivity index (χ2v) is 14.9. The summed E-state index contributed by atoms with van der Waals surface area (Å²) < 4.78 is 6.80. The molecule has 0 bridgehead atoms. The van der Waals surface area contributed by atoms with Crippen molar-refractivity contribution in [1.82, 2.24) is 9.97 Å². The minimum Gasteiger partial charge on any atom is -0.457 e. The second-order valence-electron chi connectivity index (χ2n) is 14.9. The minimum atomic E-state index is 0.769. The Morgan fingerprint density at radius 1 is 0.263 bits per heavy atom. The molecule has 0 radical (unpaired) electrons. The van der Waals surface area contributed by atoms with Gasteiger partial charge < -0.3 is 4.74 Å². The number of fused-ring (bicyclic) bond motifs is 12. The fraction of sp³-hybridized carbons (Fsp3) is 0. The molecule has 0 atom stereocenters. The monoisotopic (exact) mass is 724 g/mol. The van der Waals surface area contributed by atoms with E-state index >= 15 is 0 Å². The van der Waals surface area contributed by atoms with Crippen molar-refractivity contribution in [3.8, 4) is 33.8 Å². The highest BCUT2D eigenvalue weighted by Gasteiger charge is 2.18. The van der Waals surface area contributed by atoms with Crippen LogP contribution in [0.3, 0.4) is 0 Å². The van der Waals surface area contributed by atoms with E-state index in [-0.39, 0.29) is 0 Å². The summed E-state index contributed by atoms with van der Waals surface area (Å²) in [6.07, 6.45) is 0. The number of aromatic nitrogens is 2. The molecule has 0 amide bonds. The molecule has 0 aliphatic rings. The molecule has 0 unspecified atom stereocenters. The molecule has 0 N–H and O–H groups in total. The van der Waals surface area contributed by atoms with Crippen LogP contribution in [0.2, 0.25) is 0 Å². The van der Waals surface area contributed by atoms with E-state index < -0.39 is 0 Å². The summed E-state index contributed by atoms with van der Waals surface area (Å²) in [7, 11) is 0. The smallest absolute Gasteiger partial charge is 0.128 e. The summed E-state index contributed by atoms with van der Waals surface area (Å²) in [6.45, 7) is 0. The Morgan fingerprint density at radius 2 is 0.579 bits per heavy atom. The van der Waals surface area contributed by atoms with E-state index in [1.807, 2.05) is 12.1 Å². The van der Waals surface area contributed by atoms with Crippen LogP contribution in [0.4, 0.5) is 0 Å². The van der Waals surface area contributed by atoms with Gasteiger partial charge in [0.15, 0.2) is 0 Å². The van der Waals surface area contributed by atoms with E-state index in [2.05, 4.69) is 182 Å². The molecular formula is C54H32N2O. The van der Waals surface area contributed by atoms with E-state index in [0.717, 1.165) is 98.9 Å². The van der Waals surface area contributed by atoms with Crippen LogP contribution < -0.4 is 4.74 Å². The third-order valence-electron chi connectivity index (χ3n) is 11.6. The number of hydrogen-bond acceptors (Lipinski definition) is 3. The van der Waals surface area contributed by atoms with Gasteiger partial charge in [0.05, 0.1) is 22.1 Å². The van der Waals surface area contributed by atoms with Gasteiger partial charge in [-0.3, -0.25) is 0 Å². The first kappa shape index (κ1) is 31.7. The fourth-order valence-electron chi connectivity index (χ4n) is 9.01. The molecular weight excluding hydrogens is 693 g/mol. The van der Waals surface area contributed by atoms with Crippen molar-refractivity contribution in [2.75, 3.05) is 0 Å². The van der Waals surface area contributed by atoms with Crippen LogP contribution in [0.15, 0.2) is 194 Å².